The molecule has 2 unspecified atom stereocenters. The van der Waals surface area contributed by atoms with Gasteiger partial charge in [0.1, 0.15) is 5.25 Å². The number of imide groups is 1. The van der Waals surface area contributed by atoms with E-state index in [2.05, 4.69) is 35.0 Å². The third-order valence-corrected chi connectivity index (χ3v) is 4.97. The van der Waals surface area contributed by atoms with Crippen LogP contribution < -0.4 is 0 Å². The van der Waals surface area contributed by atoms with Crippen molar-refractivity contribution >= 4 is 46.3 Å². The van der Waals surface area contributed by atoms with Gasteiger partial charge >= 0.3 is 0 Å². The second-order valence-corrected chi connectivity index (χ2v) is 8.26. The largest absolute Gasteiger partial charge is 0.370 e. The van der Waals surface area contributed by atoms with Crippen LogP contribution in [0.4, 0.5) is 0 Å². The first-order valence-electron chi connectivity index (χ1n) is 9.25. The first-order valence-corrected chi connectivity index (χ1v) is 10.8. The second kappa shape index (κ2) is 15.8. The number of aliphatic hydroxyl groups excluding tert-OH is 1. The SMILES string of the molecule is CCN=C=NCCCN(C)C.Cl.O=C1CC(S(=O)(=O)O)C(O)N1O.O=C1CCC(=O)N1O. The molecule has 2 heterocycles. The fraction of sp³-hybridized carbons (Fsp3) is 0.750. The summed E-state index contributed by atoms with van der Waals surface area (Å²) in [5, 5.41) is 24.3. The van der Waals surface area contributed by atoms with Gasteiger partial charge in [0, 0.05) is 19.4 Å². The Balaban J connectivity index is 0. The van der Waals surface area contributed by atoms with Gasteiger partial charge in [-0.2, -0.15) is 18.5 Å². The molecule has 0 saturated carbocycles. The monoisotopic (exact) mass is 503 g/mol. The number of carbonyl (C=O) groups is 3. The summed E-state index contributed by atoms with van der Waals surface area (Å²) in [5.41, 5.74) is 0. The van der Waals surface area contributed by atoms with E-state index < -0.39 is 45.7 Å². The number of nitrogens with zero attached hydrogens (tertiary/aromatic N) is 5. The molecule has 2 aliphatic heterocycles. The van der Waals surface area contributed by atoms with Crippen LogP contribution in [-0.4, -0.2) is 112 Å². The van der Waals surface area contributed by atoms with Crippen molar-refractivity contribution in [2.75, 3.05) is 33.7 Å². The maximum Gasteiger partial charge on any atom is 0.272 e. The zero-order chi connectivity index (χ0) is 24.2. The van der Waals surface area contributed by atoms with E-state index in [9.17, 15) is 22.8 Å². The van der Waals surface area contributed by atoms with Gasteiger partial charge in [-0.1, -0.05) is 0 Å². The smallest absolute Gasteiger partial charge is 0.272 e. The van der Waals surface area contributed by atoms with Crippen molar-refractivity contribution in [1.29, 1.82) is 0 Å². The Hall–Kier alpha value is -1.97. The van der Waals surface area contributed by atoms with Crippen molar-refractivity contribution in [2.45, 2.75) is 44.1 Å². The third kappa shape index (κ3) is 12.2. The molecule has 2 saturated heterocycles. The van der Waals surface area contributed by atoms with Crippen LogP contribution in [0.2, 0.25) is 0 Å². The highest BCUT2D eigenvalue weighted by Gasteiger charge is 2.45. The van der Waals surface area contributed by atoms with Crippen LogP contribution in [0.15, 0.2) is 9.98 Å². The van der Waals surface area contributed by atoms with E-state index in [0.717, 1.165) is 26.1 Å². The van der Waals surface area contributed by atoms with E-state index in [1.54, 1.807) is 0 Å². The van der Waals surface area contributed by atoms with Crippen molar-refractivity contribution < 1.29 is 42.9 Å². The molecule has 2 rings (SSSR count). The Labute approximate surface area is 192 Å². The molecule has 3 amide bonds. The number of hydrogen-bond acceptors (Lipinski definition) is 11. The van der Waals surface area contributed by atoms with Crippen LogP contribution >= 0.6 is 12.4 Å². The molecule has 4 N–H and O–H groups in total. The maximum absolute atomic E-state index is 10.6. The highest BCUT2D eigenvalue weighted by atomic mass is 35.5. The van der Waals surface area contributed by atoms with Crippen molar-refractivity contribution in [3.8, 4) is 0 Å². The molecular weight excluding hydrogens is 474 g/mol. The summed E-state index contributed by atoms with van der Waals surface area (Å²) >= 11 is 0. The van der Waals surface area contributed by atoms with Gasteiger partial charge in [0.15, 0.2) is 6.23 Å². The molecule has 16 heteroatoms. The summed E-state index contributed by atoms with van der Waals surface area (Å²) in [6, 6.07) is 2.64. The van der Waals surface area contributed by atoms with Crippen LogP contribution in [0, 0.1) is 0 Å². The Bertz CT molecular complexity index is 771. The molecule has 2 fully saturated rings. The number of halogens is 1. The van der Waals surface area contributed by atoms with Crippen molar-refractivity contribution in [3.63, 3.8) is 0 Å². The first kappa shape index (κ1) is 32.2. The Morgan fingerprint density at radius 1 is 1.09 bits per heavy atom. The Kier molecular flexibility index (Phi) is 15.9. The average Bonchev–Trinajstić information content (AvgIpc) is 3.12. The van der Waals surface area contributed by atoms with Crippen LogP contribution in [0.1, 0.15) is 32.6 Å². The van der Waals surface area contributed by atoms with Gasteiger partial charge in [0.05, 0.1) is 19.0 Å². The normalized spacial score (nSPS) is 20.1. The molecule has 2 aliphatic rings. The van der Waals surface area contributed by atoms with Crippen molar-refractivity contribution in [2.24, 2.45) is 9.98 Å². The van der Waals surface area contributed by atoms with Gasteiger partial charge in [0.25, 0.3) is 21.9 Å². The molecule has 0 aromatic heterocycles. The second-order valence-electron chi connectivity index (χ2n) is 6.62. The molecule has 0 aliphatic carbocycles. The van der Waals surface area contributed by atoms with E-state index in [-0.39, 0.29) is 35.4 Å². The minimum atomic E-state index is -4.49. The lowest BCUT2D eigenvalue weighted by Gasteiger charge is -2.14. The number of carbonyl (C=O) groups excluding carboxylic acids is 3. The van der Waals surface area contributed by atoms with Gasteiger partial charge in [0.2, 0.25) is 5.91 Å². The summed E-state index contributed by atoms with van der Waals surface area (Å²) in [7, 11) is -0.371. The number of hydrogen-bond donors (Lipinski definition) is 4. The van der Waals surface area contributed by atoms with Gasteiger partial charge in [-0.05, 0) is 34.0 Å². The van der Waals surface area contributed by atoms with Crippen molar-refractivity contribution in [3.05, 3.63) is 0 Å². The van der Waals surface area contributed by atoms with Crippen LogP contribution in [0.5, 0.6) is 0 Å². The standard InChI is InChI=1S/C8H17N3.C4H7NO6S.C4H5NO3.ClH/c1-4-9-8-10-6-5-7-11(2)3;6-3-1-2(12(9,10)11)4(7)5(3)8;6-3-1-2-4(7)5(3)8;/h4-7H2,1-3H3;2,4,7-8H,1H2,(H,9,10,11);8H,1-2H2;1H. The highest BCUT2D eigenvalue weighted by Crippen LogP contribution is 2.20. The fourth-order valence-electron chi connectivity index (χ4n) is 2.14. The van der Waals surface area contributed by atoms with E-state index in [1.807, 2.05) is 6.92 Å². The molecule has 0 radical (unpaired) electrons. The third-order valence-electron chi connectivity index (χ3n) is 3.80. The minimum absolute atomic E-state index is 0. The predicted molar refractivity (Wildman–Crippen MR) is 113 cm³/mol. The van der Waals surface area contributed by atoms with Gasteiger partial charge in [-0.3, -0.25) is 29.4 Å². The van der Waals surface area contributed by atoms with E-state index in [0.29, 0.717) is 0 Å². The van der Waals surface area contributed by atoms with Crippen molar-refractivity contribution in [1.82, 2.24) is 15.0 Å². The number of rotatable bonds is 6. The molecule has 0 aromatic carbocycles. The van der Waals surface area contributed by atoms with Crippen LogP contribution in [-0.2, 0) is 24.5 Å². The molecule has 14 nitrogen and oxygen atoms in total. The van der Waals surface area contributed by atoms with Gasteiger partial charge in [-0.15, -0.1) is 12.4 Å². The summed E-state index contributed by atoms with van der Waals surface area (Å²) in [6.07, 6.45) is -1.12. The summed E-state index contributed by atoms with van der Waals surface area (Å²) < 4.78 is 29.3. The number of hydroxylamine groups is 4. The zero-order valence-corrected chi connectivity index (χ0v) is 19.6. The summed E-state index contributed by atoms with van der Waals surface area (Å²) in [4.78, 5) is 41.1. The molecular formula is C16H30ClN5O9S. The molecule has 0 bridgehead atoms. The quantitative estimate of drug-likeness (QED) is 0.117. The van der Waals surface area contributed by atoms with Gasteiger partial charge < -0.3 is 10.0 Å². The number of aliphatic hydroxyl groups is 1. The number of amides is 3. The van der Waals surface area contributed by atoms with E-state index in [1.165, 1.54) is 0 Å². The Morgan fingerprint density at radius 2 is 1.62 bits per heavy atom. The van der Waals surface area contributed by atoms with E-state index >= 15 is 0 Å². The predicted octanol–water partition coefficient (Wildman–Crippen LogP) is -0.739. The van der Waals surface area contributed by atoms with Crippen LogP contribution in [0.3, 0.4) is 0 Å². The van der Waals surface area contributed by atoms with Crippen LogP contribution in [0.25, 0.3) is 0 Å². The van der Waals surface area contributed by atoms with Gasteiger partial charge in [-0.25, -0.2) is 9.98 Å². The lowest BCUT2D eigenvalue weighted by atomic mass is 10.3. The molecule has 32 heavy (non-hydrogen) atoms. The average molecular weight is 504 g/mol. The molecule has 186 valence electrons. The molecule has 2 atom stereocenters. The fourth-order valence-corrected chi connectivity index (χ4v) is 2.91. The topological polar surface area (TPSA) is 201 Å². The lowest BCUT2D eigenvalue weighted by Crippen LogP contribution is -2.37. The molecule has 0 aromatic rings. The zero-order valence-electron chi connectivity index (χ0n) is 18.0. The summed E-state index contributed by atoms with van der Waals surface area (Å²) in [6.45, 7) is 4.67. The lowest BCUT2D eigenvalue weighted by molar-refractivity contribution is -0.189. The summed E-state index contributed by atoms with van der Waals surface area (Å²) in [5.74, 6) is -1.95. The first-order chi connectivity index (χ1) is 14.3. The number of aliphatic imine (C=N–C) groups is 2. The maximum atomic E-state index is 10.6. The minimum Gasteiger partial charge on any atom is -0.370 e. The van der Waals surface area contributed by atoms with E-state index in [4.69, 9.17) is 20.1 Å². The molecule has 0 spiro atoms. The highest BCUT2D eigenvalue weighted by molar-refractivity contribution is 7.86. The Morgan fingerprint density at radius 3 is 1.91 bits per heavy atom.